The molecular formula is C13H20N2O4S2. The fourth-order valence-corrected chi connectivity index (χ4v) is 5.09. The van der Waals surface area contributed by atoms with E-state index in [1.54, 1.807) is 24.3 Å². The molecule has 2 rings (SSSR count). The van der Waals surface area contributed by atoms with Crippen molar-refractivity contribution in [2.75, 3.05) is 27.3 Å². The van der Waals surface area contributed by atoms with Gasteiger partial charge in [-0.25, -0.2) is 16.8 Å². The maximum Gasteiger partial charge on any atom is 0.232 e. The molecule has 118 valence electrons. The van der Waals surface area contributed by atoms with Crippen molar-refractivity contribution in [3.05, 3.63) is 24.3 Å². The second kappa shape index (κ2) is 6.23. The van der Waals surface area contributed by atoms with Gasteiger partial charge in [-0.2, -0.15) is 0 Å². The van der Waals surface area contributed by atoms with Crippen molar-refractivity contribution < 1.29 is 16.8 Å². The van der Waals surface area contributed by atoms with Crippen LogP contribution < -0.4 is 10.0 Å². The topological polar surface area (TPSA) is 92.3 Å². The minimum atomic E-state index is -3.29. The van der Waals surface area contributed by atoms with Crippen molar-refractivity contribution in [2.45, 2.75) is 25.8 Å². The van der Waals surface area contributed by atoms with Crippen LogP contribution in [-0.4, -0.2) is 40.1 Å². The molecule has 6 nitrogen and oxygen atoms in total. The van der Waals surface area contributed by atoms with Crippen LogP contribution in [0.4, 0.5) is 11.4 Å². The summed E-state index contributed by atoms with van der Waals surface area (Å²) in [6.45, 7) is 1.81. The van der Waals surface area contributed by atoms with Crippen LogP contribution in [0.3, 0.4) is 0 Å². The van der Waals surface area contributed by atoms with E-state index in [4.69, 9.17) is 0 Å². The lowest BCUT2D eigenvalue weighted by atomic mass is 10.2. The van der Waals surface area contributed by atoms with Gasteiger partial charge in [-0.3, -0.25) is 4.72 Å². The lowest BCUT2D eigenvalue weighted by molar-refractivity contribution is 0.599. The molecule has 1 aromatic rings. The zero-order chi connectivity index (χ0) is 15.5. The second-order valence-corrected chi connectivity index (χ2v) is 9.31. The lowest BCUT2D eigenvalue weighted by Gasteiger charge is -2.13. The molecule has 1 unspecified atom stereocenters. The molecule has 1 fully saturated rings. The average molecular weight is 332 g/mol. The van der Waals surface area contributed by atoms with Crippen molar-refractivity contribution in [1.82, 2.24) is 0 Å². The summed E-state index contributed by atoms with van der Waals surface area (Å²) in [6, 6.07) is 6.75. The smallest absolute Gasteiger partial charge is 0.232 e. The number of sulfone groups is 1. The summed E-state index contributed by atoms with van der Waals surface area (Å²) < 4.78 is 48.6. The Morgan fingerprint density at radius 3 is 2.33 bits per heavy atom. The highest BCUT2D eigenvalue weighted by Gasteiger charge is 2.27. The van der Waals surface area contributed by atoms with Crippen LogP contribution in [0.2, 0.25) is 0 Å². The van der Waals surface area contributed by atoms with Gasteiger partial charge in [-0.15, -0.1) is 0 Å². The van der Waals surface area contributed by atoms with Gasteiger partial charge in [0, 0.05) is 17.4 Å². The molecule has 21 heavy (non-hydrogen) atoms. The van der Waals surface area contributed by atoms with Gasteiger partial charge >= 0.3 is 0 Å². The van der Waals surface area contributed by atoms with Crippen LogP contribution >= 0.6 is 0 Å². The Morgan fingerprint density at radius 1 is 1.19 bits per heavy atom. The largest absolute Gasteiger partial charge is 0.381 e. The van der Waals surface area contributed by atoms with Crippen molar-refractivity contribution in [3.63, 3.8) is 0 Å². The highest BCUT2D eigenvalue weighted by atomic mass is 32.2. The fourth-order valence-electron chi connectivity index (χ4n) is 2.28. The van der Waals surface area contributed by atoms with Gasteiger partial charge in [0.05, 0.1) is 17.3 Å². The quantitative estimate of drug-likeness (QED) is 0.822. The Morgan fingerprint density at radius 2 is 1.81 bits per heavy atom. The number of anilines is 2. The molecule has 0 bridgehead atoms. The van der Waals surface area contributed by atoms with E-state index in [0.717, 1.165) is 5.69 Å². The molecule has 0 amide bonds. The number of benzene rings is 1. The summed E-state index contributed by atoms with van der Waals surface area (Å²) in [5.41, 5.74) is 1.29. The average Bonchev–Trinajstić information content (AvgIpc) is 2.71. The summed E-state index contributed by atoms with van der Waals surface area (Å²) in [6.07, 6.45) is 1.17. The lowest BCUT2D eigenvalue weighted by Crippen LogP contribution is -2.20. The van der Waals surface area contributed by atoms with Crippen LogP contribution in [0.15, 0.2) is 24.3 Å². The monoisotopic (exact) mass is 332 g/mol. The fraction of sp³-hybridized carbons (Fsp3) is 0.538. The molecule has 2 N–H and O–H groups in total. The number of hydrogen-bond acceptors (Lipinski definition) is 5. The maximum absolute atomic E-state index is 11.6. The molecule has 0 spiro atoms. The molecule has 1 aliphatic heterocycles. The van der Waals surface area contributed by atoms with E-state index in [0.29, 0.717) is 18.5 Å². The minimum Gasteiger partial charge on any atom is -0.381 e. The zero-order valence-corrected chi connectivity index (χ0v) is 13.5. The van der Waals surface area contributed by atoms with Crippen molar-refractivity contribution >= 4 is 31.2 Å². The Labute approximate surface area is 125 Å². The maximum atomic E-state index is 11.6. The van der Waals surface area contributed by atoms with Crippen LogP contribution in [0, 0.1) is 0 Å². The Hall–Kier alpha value is -1.28. The standard InChI is InChI=1S/C13H20N2O4S2/c1-2-8-21(18,19)15-12-5-3-11(4-6-12)14-13-7-9-20(16,17)10-13/h3-6,13-15H,2,7-10H2,1H3. The molecule has 0 saturated carbocycles. The van der Waals surface area contributed by atoms with Gasteiger partial charge in [0.2, 0.25) is 10.0 Å². The van der Waals surface area contributed by atoms with Gasteiger partial charge in [0.15, 0.2) is 9.84 Å². The summed E-state index contributed by atoms with van der Waals surface area (Å²) in [5, 5.41) is 3.16. The number of nitrogens with one attached hydrogen (secondary N) is 2. The van der Waals surface area contributed by atoms with Crippen molar-refractivity contribution in [2.24, 2.45) is 0 Å². The number of sulfonamides is 1. The van der Waals surface area contributed by atoms with E-state index in [-0.39, 0.29) is 23.3 Å². The minimum absolute atomic E-state index is 0.0716. The molecule has 1 heterocycles. The number of rotatable bonds is 6. The Kier molecular flexibility index (Phi) is 4.77. The molecule has 1 aromatic carbocycles. The van der Waals surface area contributed by atoms with Crippen LogP contribution in [-0.2, 0) is 19.9 Å². The molecule has 0 aliphatic carbocycles. The predicted molar refractivity (Wildman–Crippen MR) is 84.8 cm³/mol. The normalized spacial score (nSPS) is 21.1. The van der Waals surface area contributed by atoms with Gasteiger partial charge in [0.1, 0.15) is 0 Å². The Balaban J connectivity index is 1.96. The van der Waals surface area contributed by atoms with E-state index in [2.05, 4.69) is 10.0 Å². The number of hydrogen-bond donors (Lipinski definition) is 2. The van der Waals surface area contributed by atoms with Crippen molar-refractivity contribution in [3.8, 4) is 0 Å². The second-order valence-electron chi connectivity index (χ2n) is 5.24. The highest BCUT2D eigenvalue weighted by Crippen LogP contribution is 2.20. The predicted octanol–water partition coefficient (Wildman–Crippen LogP) is 1.44. The van der Waals surface area contributed by atoms with Crippen molar-refractivity contribution in [1.29, 1.82) is 0 Å². The first-order valence-electron chi connectivity index (χ1n) is 6.87. The van der Waals surface area contributed by atoms with E-state index in [1.165, 1.54) is 0 Å². The van der Waals surface area contributed by atoms with Gasteiger partial charge < -0.3 is 5.32 Å². The first-order chi connectivity index (χ1) is 9.80. The van der Waals surface area contributed by atoms with Gasteiger partial charge in [-0.1, -0.05) is 6.92 Å². The summed E-state index contributed by atoms with van der Waals surface area (Å²) in [4.78, 5) is 0. The first-order valence-corrected chi connectivity index (χ1v) is 10.3. The molecule has 1 atom stereocenters. The van der Waals surface area contributed by atoms with E-state index in [9.17, 15) is 16.8 Å². The third-order valence-electron chi connectivity index (χ3n) is 3.23. The third-order valence-corrected chi connectivity index (χ3v) is 6.49. The van der Waals surface area contributed by atoms with Gasteiger partial charge in [0.25, 0.3) is 0 Å². The summed E-state index contributed by atoms with van der Waals surface area (Å²) >= 11 is 0. The molecular weight excluding hydrogens is 312 g/mol. The van der Waals surface area contributed by atoms with E-state index in [1.807, 2.05) is 6.92 Å². The first kappa shape index (κ1) is 16.1. The SMILES string of the molecule is CCCS(=O)(=O)Nc1ccc(NC2CCS(=O)(=O)C2)cc1. The van der Waals surface area contributed by atoms with Gasteiger partial charge in [-0.05, 0) is 37.1 Å². The van der Waals surface area contributed by atoms with E-state index < -0.39 is 19.9 Å². The molecule has 0 aromatic heterocycles. The molecule has 8 heteroatoms. The molecule has 1 aliphatic rings. The highest BCUT2D eigenvalue weighted by molar-refractivity contribution is 7.92. The van der Waals surface area contributed by atoms with Crippen LogP contribution in [0.5, 0.6) is 0 Å². The summed E-state index contributed by atoms with van der Waals surface area (Å²) in [5.74, 6) is 0.463. The zero-order valence-electron chi connectivity index (χ0n) is 11.9. The van der Waals surface area contributed by atoms with E-state index >= 15 is 0 Å². The van der Waals surface area contributed by atoms with Crippen LogP contribution in [0.25, 0.3) is 0 Å². The molecule has 0 radical (unpaired) electrons. The third kappa shape index (κ3) is 4.89. The molecule has 1 saturated heterocycles. The van der Waals surface area contributed by atoms with Crippen LogP contribution in [0.1, 0.15) is 19.8 Å². The Bertz CT molecular complexity index is 681. The summed E-state index contributed by atoms with van der Waals surface area (Å²) in [7, 11) is -6.19.